The molecule has 2 fully saturated rings. The smallest absolute Gasteiger partial charge is 0.229 e. The van der Waals surface area contributed by atoms with Crippen LogP contribution in [0.1, 0.15) is 43.4 Å². The van der Waals surface area contributed by atoms with Crippen molar-refractivity contribution in [2.45, 2.75) is 38.6 Å². The number of likely N-dealkylation sites (tertiary alicyclic amines) is 1. The average molecular weight is 356 g/mol. The van der Waals surface area contributed by atoms with Crippen LogP contribution in [0.5, 0.6) is 0 Å². The Hall–Kier alpha value is -1.79. The number of nitrogens with one attached hydrogen (secondary N) is 1. The van der Waals surface area contributed by atoms with Crippen LogP contribution in [0.4, 0.5) is 5.13 Å². The summed E-state index contributed by atoms with van der Waals surface area (Å²) in [4.78, 5) is 23.6. The first kappa shape index (κ1) is 16.7. The Kier molecular flexibility index (Phi) is 4.81. The number of hydrogen-bond acceptors (Lipinski definition) is 5. The van der Waals surface area contributed by atoms with Gasteiger partial charge in [-0.25, -0.2) is 4.98 Å². The van der Waals surface area contributed by atoms with Gasteiger partial charge in [-0.05, 0) is 49.3 Å². The Morgan fingerprint density at radius 1 is 1.48 bits per heavy atom. The predicted octanol–water partition coefficient (Wildman–Crippen LogP) is 3.51. The summed E-state index contributed by atoms with van der Waals surface area (Å²) in [6.07, 6.45) is 7.13. The van der Waals surface area contributed by atoms with Gasteiger partial charge in [0.05, 0.1) is 5.69 Å². The van der Waals surface area contributed by atoms with Crippen LogP contribution in [0.15, 0.2) is 29.9 Å². The van der Waals surface area contributed by atoms with E-state index in [9.17, 15) is 4.79 Å². The number of nitrogens with zero attached hydrogens (tertiary/aromatic N) is 3. The van der Waals surface area contributed by atoms with E-state index in [2.05, 4.69) is 32.5 Å². The Labute approximate surface area is 152 Å². The Morgan fingerprint density at radius 2 is 2.40 bits per heavy atom. The summed E-state index contributed by atoms with van der Waals surface area (Å²) in [6, 6.07) is 3.98. The fraction of sp³-hybridized carbons (Fsp3) is 0.526. The maximum atomic E-state index is 12.4. The minimum absolute atomic E-state index is 0.0551. The van der Waals surface area contributed by atoms with E-state index in [-0.39, 0.29) is 11.8 Å². The molecule has 0 radical (unpaired) electrons. The first-order chi connectivity index (χ1) is 12.2. The first-order valence-electron chi connectivity index (χ1n) is 9.06. The van der Waals surface area contributed by atoms with E-state index >= 15 is 0 Å². The molecule has 3 heterocycles. The SMILES string of the molecule is C[C@@H]1CCCN(Cc2csc(NC(=O)[C@H]3C[C@H]3c3cccnc3)n2)C1. The number of hydrogen-bond donors (Lipinski definition) is 1. The van der Waals surface area contributed by atoms with Crippen molar-refractivity contribution < 1.29 is 4.79 Å². The molecule has 3 atom stereocenters. The van der Waals surface area contributed by atoms with Crippen LogP contribution in [-0.4, -0.2) is 33.9 Å². The molecule has 4 rings (SSSR count). The molecule has 2 aliphatic rings. The highest BCUT2D eigenvalue weighted by Gasteiger charge is 2.44. The molecular weight excluding hydrogens is 332 g/mol. The van der Waals surface area contributed by atoms with Gasteiger partial charge in [0, 0.05) is 36.8 Å². The van der Waals surface area contributed by atoms with Gasteiger partial charge in [-0.15, -0.1) is 11.3 Å². The van der Waals surface area contributed by atoms with Crippen molar-refractivity contribution >= 4 is 22.4 Å². The molecule has 132 valence electrons. The number of anilines is 1. The number of pyridine rings is 1. The Balaban J connectivity index is 1.30. The van der Waals surface area contributed by atoms with Crippen molar-refractivity contribution in [1.29, 1.82) is 0 Å². The number of carbonyl (C=O) groups is 1. The largest absolute Gasteiger partial charge is 0.302 e. The molecule has 6 heteroatoms. The first-order valence-corrected chi connectivity index (χ1v) is 9.94. The lowest BCUT2D eigenvalue weighted by molar-refractivity contribution is -0.117. The van der Waals surface area contributed by atoms with E-state index in [1.807, 2.05) is 18.3 Å². The molecule has 2 aromatic heterocycles. The van der Waals surface area contributed by atoms with Crippen LogP contribution >= 0.6 is 11.3 Å². The van der Waals surface area contributed by atoms with E-state index in [1.165, 1.54) is 24.2 Å². The molecule has 1 aliphatic heterocycles. The fourth-order valence-electron chi connectivity index (χ4n) is 3.74. The van der Waals surface area contributed by atoms with Crippen LogP contribution in [-0.2, 0) is 11.3 Å². The maximum Gasteiger partial charge on any atom is 0.229 e. The van der Waals surface area contributed by atoms with Gasteiger partial charge >= 0.3 is 0 Å². The number of rotatable bonds is 5. The second-order valence-electron chi connectivity index (χ2n) is 7.35. The quantitative estimate of drug-likeness (QED) is 0.891. The number of amides is 1. The lowest BCUT2D eigenvalue weighted by Crippen LogP contribution is -2.33. The third-order valence-electron chi connectivity index (χ3n) is 5.15. The van der Waals surface area contributed by atoms with E-state index in [1.54, 1.807) is 6.20 Å². The highest BCUT2D eigenvalue weighted by molar-refractivity contribution is 7.13. The zero-order valence-corrected chi connectivity index (χ0v) is 15.3. The molecule has 1 aliphatic carbocycles. The molecule has 1 saturated heterocycles. The maximum absolute atomic E-state index is 12.4. The summed E-state index contributed by atoms with van der Waals surface area (Å²) in [7, 11) is 0. The van der Waals surface area contributed by atoms with Crippen LogP contribution < -0.4 is 5.32 Å². The summed E-state index contributed by atoms with van der Waals surface area (Å²) in [5.74, 6) is 1.22. The molecule has 0 spiro atoms. The van der Waals surface area contributed by atoms with Gasteiger partial charge in [-0.1, -0.05) is 13.0 Å². The zero-order valence-electron chi connectivity index (χ0n) is 14.5. The standard InChI is InChI=1S/C19H24N4OS/c1-13-4-3-7-23(10-13)11-15-12-25-19(21-15)22-18(24)17-8-16(17)14-5-2-6-20-9-14/h2,5-6,9,12-13,16-17H,3-4,7-8,10-11H2,1H3,(H,21,22,24)/t13-,16+,17+/m1/s1. The van der Waals surface area contributed by atoms with Gasteiger partial charge in [0.25, 0.3) is 0 Å². The minimum atomic E-state index is 0.0551. The molecule has 1 saturated carbocycles. The molecule has 0 bridgehead atoms. The van der Waals surface area contributed by atoms with E-state index in [0.29, 0.717) is 5.92 Å². The fourth-order valence-corrected chi connectivity index (χ4v) is 4.45. The molecule has 1 amide bonds. The topological polar surface area (TPSA) is 58.1 Å². The Morgan fingerprint density at radius 3 is 3.20 bits per heavy atom. The molecule has 1 N–H and O–H groups in total. The second-order valence-corrected chi connectivity index (χ2v) is 8.21. The van der Waals surface area contributed by atoms with Crippen molar-refractivity contribution in [3.63, 3.8) is 0 Å². The molecule has 25 heavy (non-hydrogen) atoms. The van der Waals surface area contributed by atoms with Gasteiger partial charge in [0.15, 0.2) is 5.13 Å². The number of piperidine rings is 1. The second kappa shape index (κ2) is 7.22. The molecule has 2 aromatic rings. The summed E-state index contributed by atoms with van der Waals surface area (Å²) >= 11 is 1.53. The number of thiazole rings is 1. The summed E-state index contributed by atoms with van der Waals surface area (Å²) < 4.78 is 0. The normalized spacial score (nSPS) is 26.4. The average Bonchev–Trinajstić information content (AvgIpc) is 3.31. The van der Waals surface area contributed by atoms with Crippen molar-refractivity contribution in [3.8, 4) is 0 Å². The summed E-state index contributed by atoms with van der Waals surface area (Å²) in [5.41, 5.74) is 2.22. The summed E-state index contributed by atoms with van der Waals surface area (Å²) in [6.45, 7) is 5.50. The minimum Gasteiger partial charge on any atom is -0.302 e. The monoisotopic (exact) mass is 356 g/mol. The van der Waals surface area contributed by atoms with E-state index < -0.39 is 0 Å². The van der Waals surface area contributed by atoms with Crippen molar-refractivity contribution in [1.82, 2.24) is 14.9 Å². The van der Waals surface area contributed by atoms with E-state index in [0.717, 1.165) is 48.4 Å². The van der Waals surface area contributed by atoms with Gasteiger partial charge < -0.3 is 5.32 Å². The van der Waals surface area contributed by atoms with Gasteiger partial charge in [0.2, 0.25) is 5.91 Å². The lowest BCUT2D eigenvalue weighted by atomic mass is 10.0. The van der Waals surface area contributed by atoms with Crippen molar-refractivity contribution in [2.24, 2.45) is 11.8 Å². The van der Waals surface area contributed by atoms with E-state index in [4.69, 9.17) is 0 Å². The molecular formula is C19H24N4OS. The number of aromatic nitrogens is 2. The van der Waals surface area contributed by atoms with Gasteiger partial charge in [-0.3, -0.25) is 14.7 Å². The van der Waals surface area contributed by atoms with Crippen LogP contribution in [0.2, 0.25) is 0 Å². The molecule has 5 nitrogen and oxygen atoms in total. The summed E-state index contributed by atoms with van der Waals surface area (Å²) in [5, 5.41) is 5.79. The predicted molar refractivity (Wildman–Crippen MR) is 99.5 cm³/mol. The lowest BCUT2D eigenvalue weighted by Gasteiger charge is -2.30. The number of carbonyl (C=O) groups excluding carboxylic acids is 1. The van der Waals surface area contributed by atoms with Gasteiger partial charge in [0.1, 0.15) is 0 Å². The molecule has 0 unspecified atom stereocenters. The van der Waals surface area contributed by atoms with Crippen LogP contribution in [0.25, 0.3) is 0 Å². The highest BCUT2D eigenvalue weighted by atomic mass is 32.1. The van der Waals surface area contributed by atoms with Gasteiger partial charge in [-0.2, -0.15) is 0 Å². The zero-order chi connectivity index (χ0) is 17.2. The van der Waals surface area contributed by atoms with Crippen molar-refractivity contribution in [2.75, 3.05) is 18.4 Å². The highest BCUT2D eigenvalue weighted by Crippen LogP contribution is 2.47. The third-order valence-corrected chi connectivity index (χ3v) is 5.95. The van der Waals surface area contributed by atoms with Crippen LogP contribution in [0.3, 0.4) is 0 Å². The van der Waals surface area contributed by atoms with Crippen LogP contribution in [0, 0.1) is 11.8 Å². The Bertz CT molecular complexity index is 732. The van der Waals surface area contributed by atoms with Crippen molar-refractivity contribution in [3.05, 3.63) is 41.2 Å². The molecule has 0 aromatic carbocycles. The third kappa shape index (κ3) is 4.07.